The van der Waals surface area contributed by atoms with Crippen LogP contribution in [0.4, 0.5) is 5.69 Å². The summed E-state index contributed by atoms with van der Waals surface area (Å²) in [7, 11) is 0. The molecule has 1 aromatic carbocycles. The molecule has 0 amide bonds. The van der Waals surface area contributed by atoms with Gasteiger partial charge in [0.05, 0.1) is 4.92 Å². The van der Waals surface area contributed by atoms with Crippen molar-refractivity contribution in [3.63, 3.8) is 0 Å². The zero-order valence-electron chi connectivity index (χ0n) is 8.81. The summed E-state index contributed by atoms with van der Waals surface area (Å²) in [6.07, 6.45) is 1.58. The number of nitrogens with zero attached hydrogens (tertiary/aromatic N) is 3. The molecule has 6 heteroatoms. The fourth-order valence-electron chi connectivity index (χ4n) is 1.23. The van der Waals surface area contributed by atoms with E-state index in [2.05, 4.69) is 10.2 Å². The first-order chi connectivity index (χ1) is 8.25. The van der Waals surface area contributed by atoms with Crippen LogP contribution < -0.4 is 4.74 Å². The Balaban J connectivity index is 1.98. The molecule has 0 aliphatic carbocycles. The maximum atomic E-state index is 10.4. The second-order valence-electron chi connectivity index (χ2n) is 3.25. The van der Waals surface area contributed by atoms with Gasteiger partial charge in [0.15, 0.2) is 0 Å². The predicted molar refractivity (Wildman–Crippen MR) is 59.5 cm³/mol. The summed E-state index contributed by atoms with van der Waals surface area (Å²) in [4.78, 5) is 9.99. The third kappa shape index (κ3) is 2.97. The topological polar surface area (TPSA) is 78.2 Å². The molecule has 0 saturated carbocycles. The number of nitro groups is 1. The molecule has 0 unspecified atom stereocenters. The van der Waals surface area contributed by atoms with Crippen molar-refractivity contribution in [3.05, 3.63) is 58.4 Å². The Kier molecular flexibility index (Phi) is 3.25. The van der Waals surface area contributed by atoms with Crippen LogP contribution in [0.3, 0.4) is 0 Å². The molecule has 0 fully saturated rings. The molecule has 2 aromatic rings. The molecule has 1 heterocycles. The van der Waals surface area contributed by atoms with E-state index in [4.69, 9.17) is 4.74 Å². The van der Waals surface area contributed by atoms with Gasteiger partial charge in [-0.2, -0.15) is 10.2 Å². The smallest absolute Gasteiger partial charge is 0.269 e. The first-order valence-electron chi connectivity index (χ1n) is 4.89. The van der Waals surface area contributed by atoms with Gasteiger partial charge in [-0.15, -0.1) is 0 Å². The number of aromatic nitrogens is 2. The van der Waals surface area contributed by atoms with Crippen molar-refractivity contribution >= 4 is 5.69 Å². The van der Waals surface area contributed by atoms with Crippen LogP contribution in [0.5, 0.6) is 5.75 Å². The lowest BCUT2D eigenvalue weighted by atomic mass is 10.3. The Morgan fingerprint density at radius 2 is 2.00 bits per heavy atom. The van der Waals surface area contributed by atoms with E-state index in [0.29, 0.717) is 11.4 Å². The molecular formula is C11H9N3O3. The van der Waals surface area contributed by atoms with Gasteiger partial charge in [-0.3, -0.25) is 10.1 Å². The second-order valence-corrected chi connectivity index (χ2v) is 3.25. The van der Waals surface area contributed by atoms with E-state index in [1.165, 1.54) is 12.1 Å². The van der Waals surface area contributed by atoms with Crippen LogP contribution in [0.2, 0.25) is 0 Å². The van der Waals surface area contributed by atoms with Crippen molar-refractivity contribution < 1.29 is 9.66 Å². The Morgan fingerprint density at radius 3 is 2.59 bits per heavy atom. The van der Waals surface area contributed by atoms with E-state index in [1.807, 2.05) is 0 Å². The van der Waals surface area contributed by atoms with Crippen LogP contribution >= 0.6 is 0 Å². The van der Waals surface area contributed by atoms with Crippen molar-refractivity contribution in [1.82, 2.24) is 10.2 Å². The molecule has 6 nitrogen and oxygen atoms in total. The summed E-state index contributed by atoms with van der Waals surface area (Å²) in [5.74, 6) is 0.557. The molecule has 0 bridgehead atoms. The van der Waals surface area contributed by atoms with Crippen molar-refractivity contribution in [2.24, 2.45) is 0 Å². The van der Waals surface area contributed by atoms with Gasteiger partial charge in [-0.25, -0.2) is 0 Å². The van der Waals surface area contributed by atoms with Gasteiger partial charge in [0, 0.05) is 18.3 Å². The van der Waals surface area contributed by atoms with Gasteiger partial charge in [-0.05, 0) is 24.3 Å². The SMILES string of the molecule is O=[N+]([O-])c1ccc(OCc2cccnn2)cc1. The lowest BCUT2D eigenvalue weighted by molar-refractivity contribution is -0.384. The highest BCUT2D eigenvalue weighted by atomic mass is 16.6. The van der Waals surface area contributed by atoms with Gasteiger partial charge in [0.2, 0.25) is 0 Å². The molecule has 0 spiro atoms. The maximum absolute atomic E-state index is 10.4. The van der Waals surface area contributed by atoms with Crippen molar-refractivity contribution in [2.75, 3.05) is 0 Å². The number of nitro benzene ring substituents is 1. The number of ether oxygens (including phenoxy) is 1. The van der Waals surface area contributed by atoms with E-state index in [1.54, 1.807) is 30.5 Å². The molecule has 86 valence electrons. The quantitative estimate of drug-likeness (QED) is 0.593. The fraction of sp³-hybridized carbons (Fsp3) is 0.0909. The molecule has 1 aromatic heterocycles. The van der Waals surface area contributed by atoms with Crippen molar-refractivity contribution in [2.45, 2.75) is 6.61 Å². The summed E-state index contributed by atoms with van der Waals surface area (Å²) in [6, 6.07) is 9.45. The number of hydrogen-bond donors (Lipinski definition) is 0. The normalized spacial score (nSPS) is 9.88. The van der Waals surface area contributed by atoms with Gasteiger partial charge in [0.25, 0.3) is 5.69 Å². The summed E-state index contributed by atoms with van der Waals surface area (Å²) < 4.78 is 5.40. The van der Waals surface area contributed by atoms with E-state index in [0.717, 1.165) is 0 Å². The largest absolute Gasteiger partial charge is 0.487 e. The Labute approximate surface area is 97.0 Å². The first kappa shape index (κ1) is 11.0. The monoisotopic (exact) mass is 231 g/mol. The summed E-state index contributed by atoms with van der Waals surface area (Å²) >= 11 is 0. The molecule has 0 saturated heterocycles. The highest BCUT2D eigenvalue weighted by molar-refractivity contribution is 5.35. The number of non-ortho nitro benzene ring substituents is 1. The van der Waals surface area contributed by atoms with E-state index in [9.17, 15) is 10.1 Å². The van der Waals surface area contributed by atoms with E-state index in [-0.39, 0.29) is 12.3 Å². The zero-order chi connectivity index (χ0) is 12.1. The van der Waals surface area contributed by atoms with Gasteiger partial charge < -0.3 is 4.74 Å². The minimum absolute atomic E-state index is 0.0388. The van der Waals surface area contributed by atoms with Crippen molar-refractivity contribution in [3.8, 4) is 5.75 Å². The van der Waals surface area contributed by atoms with Crippen LogP contribution in [-0.2, 0) is 6.61 Å². The van der Waals surface area contributed by atoms with E-state index >= 15 is 0 Å². The number of hydrogen-bond acceptors (Lipinski definition) is 5. The Bertz CT molecular complexity index is 499. The lowest BCUT2D eigenvalue weighted by Crippen LogP contribution is -1.99. The minimum Gasteiger partial charge on any atom is -0.487 e. The summed E-state index contributed by atoms with van der Waals surface area (Å²) in [5, 5.41) is 18.0. The third-order valence-corrected chi connectivity index (χ3v) is 2.06. The van der Waals surface area contributed by atoms with Crippen LogP contribution in [0.1, 0.15) is 5.69 Å². The zero-order valence-corrected chi connectivity index (χ0v) is 8.81. The van der Waals surface area contributed by atoms with Crippen LogP contribution in [-0.4, -0.2) is 15.1 Å². The first-order valence-corrected chi connectivity index (χ1v) is 4.89. The predicted octanol–water partition coefficient (Wildman–Crippen LogP) is 1.96. The number of benzene rings is 1. The molecule has 17 heavy (non-hydrogen) atoms. The molecule has 0 N–H and O–H groups in total. The molecule has 0 aliphatic rings. The maximum Gasteiger partial charge on any atom is 0.269 e. The summed E-state index contributed by atoms with van der Waals surface area (Å²) in [5.41, 5.74) is 0.739. The Morgan fingerprint density at radius 1 is 1.24 bits per heavy atom. The third-order valence-electron chi connectivity index (χ3n) is 2.06. The van der Waals surface area contributed by atoms with Crippen LogP contribution in [0.15, 0.2) is 42.6 Å². The van der Waals surface area contributed by atoms with Crippen LogP contribution in [0.25, 0.3) is 0 Å². The highest BCUT2D eigenvalue weighted by Gasteiger charge is 2.04. The average Bonchev–Trinajstić information content (AvgIpc) is 2.38. The summed E-state index contributed by atoms with van der Waals surface area (Å²) in [6.45, 7) is 0.283. The average molecular weight is 231 g/mol. The molecule has 0 radical (unpaired) electrons. The van der Waals surface area contributed by atoms with Gasteiger partial charge >= 0.3 is 0 Å². The highest BCUT2D eigenvalue weighted by Crippen LogP contribution is 2.17. The Hall–Kier alpha value is -2.50. The molecular weight excluding hydrogens is 222 g/mol. The second kappa shape index (κ2) is 5.02. The molecule has 0 aliphatic heterocycles. The standard InChI is InChI=1S/C11H9N3O3/c15-14(16)10-3-5-11(6-4-10)17-8-9-2-1-7-12-13-9/h1-7H,8H2. The fourth-order valence-corrected chi connectivity index (χ4v) is 1.23. The molecule has 0 atom stereocenters. The minimum atomic E-state index is -0.452. The molecule has 2 rings (SSSR count). The van der Waals surface area contributed by atoms with Crippen molar-refractivity contribution in [1.29, 1.82) is 0 Å². The van der Waals surface area contributed by atoms with Gasteiger partial charge in [0.1, 0.15) is 18.1 Å². The van der Waals surface area contributed by atoms with Gasteiger partial charge in [-0.1, -0.05) is 0 Å². The number of rotatable bonds is 4. The van der Waals surface area contributed by atoms with Crippen LogP contribution in [0, 0.1) is 10.1 Å². The van der Waals surface area contributed by atoms with E-state index < -0.39 is 4.92 Å². The lowest BCUT2D eigenvalue weighted by Gasteiger charge is -2.04.